The first-order chi connectivity index (χ1) is 17.6. The minimum absolute atomic E-state index is 0.178. The van der Waals surface area contributed by atoms with Gasteiger partial charge in [-0.05, 0) is 79.9 Å². The van der Waals surface area contributed by atoms with Gasteiger partial charge in [0.15, 0.2) is 11.6 Å². The number of hydrogen-bond acceptors (Lipinski definition) is 3. The van der Waals surface area contributed by atoms with Gasteiger partial charge in [-0.1, -0.05) is 44.7 Å². The van der Waals surface area contributed by atoms with Crippen molar-refractivity contribution in [1.29, 1.82) is 0 Å². The van der Waals surface area contributed by atoms with Gasteiger partial charge in [-0.3, -0.25) is 0 Å². The fraction of sp³-hybridized carbons (Fsp3) is 0.552. The van der Waals surface area contributed by atoms with Gasteiger partial charge in [0.2, 0.25) is 5.75 Å². The van der Waals surface area contributed by atoms with Crippen LogP contribution < -0.4 is 9.47 Å². The number of rotatable bonds is 7. The van der Waals surface area contributed by atoms with Gasteiger partial charge in [-0.15, -0.1) is 13.2 Å². The van der Waals surface area contributed by atoms with Crippen molar-refractivity contribution in [3.05, 3.63) is 59.2 Å². The van der Waals surface area contributed by atoms with Gasteiger partial charge in [0.25, 0.3) is 0 Å². The number of carbonyl (C=O) groups is 1. The Hall–Kier alpha value is -2.64. The smallest absolute Gasteiger partial charge is 0.423 e. The molecule has 0 N–H and O–H groups in total. The van der Waals surface area contributed by atoms with E-state index in [0.717, 1.165) is 36.2 Å². The Labute approximate surface area is 214 Å². The molecule has 0 bridgehead atoms. The summed E-state index contributed by atoms with van der Waals surface area (Å²) in [6, 6.07) is 7.91. The number of benzene rings is 2. The third-order valence-corrected chi connectivity index (χ3v) is 8.04. The predicted octanol–water partition coefficient (Wildman–Crippen LogP) is 8.96. The van der Waals surface area contributed by atoms with Crippen LogP contribution in [0.2, 0.25) is 0 Å². The van der Waals surface area contributed by atoms with E-state index in [0.29, 0.717) is 18.1 Å². The molecule has 0 amide bonds. The Morgan fingerprint density at radius 3 is 1.92 bits per heavy atom. The molecule has 2 saturated carbocycles. The van der Waals surface area contributed by atoms with Crippen LogP contribution in [0.15, 0.2) is 36.4 Å². The van der Waals surface area contributed by atoms with Crippen molar-refractivity contribution in [1.82, 2.24) is 0 Å². The first-order valence-electron chi connectivity index (χ1n) is 13.2. The monoisotopic (exact) mass is 524 g/mol. The van der Waals surface area contributed by atoms with Crippen LogP contribution in [-0.2, 0) is 0 Å². The highest BCUT2D eigenvalue weighted by molar-refractivity contribution is 5.91. The maximum atomic E-state index is 13.9. The molecule has 2 aromatic rings. The molecule has 202 valence electrons. The van der Waals surface area contributed by atoms with Crippen LogP contribution >= 0.6 is 0 Å². The average Bonchev–Trinajstić information content (AvgIpc) is 2.87. The third-order valence-electron chi connectivity index (χ3n) is 8.04. The molecular formula is C29H33F5O3. The summed E-state index contributed by atoms with van der Waals surface area (Å²) >= 11 is 0. The van der Waals surface area contributed by atoms with Crippen LogP contribution in [0.5, 0.6) is 11.5 Å². The molecule has 0 radical (unpaired) electrons. The molecule has 0 spiro atoms. The van der Waals surface area contributed by atoms with E-state index in [4.69, 9.17) is 4.74 Å². The van der Waals surface area contributed by atoms with Crippen molar-refractivity contribution in [3.8, 4) is 11.5 Å². The predicted molar refractivity (Wildman–Crippen MR) is 129 cm³/mol. The van der Waals surface area contributed by atoms with Crippen LogP contribution in [0.1, 0.15) is 93.0 Å². The van der Waals surface area contributed by atoms with E-state index in [1.165, 1.54) is 51.4 Å². The Morgan fingerprint density at radius 1 is 0.865 bits per heavy atom. The molecule has 3 nitrogen and oxygen atoms in total. The van der Waals surface area contributed by atoms with Gasteiger partial charge in [-0.2, -0.15) is 0 Å². The van der Waals surface area contributed by atoms with Gasteiger partial charge < -0.3 is 9.47 Å². The van der Waals surface area contributed by atoms with Crippen molar-refractivity contribution in [2.75, 3.05) is 0 Å². The minimum atomic E-state index is -5.26. The van der Waals surface area contributed by atoms with Crippen molar-refractivity contribution in [2.24, 2.45) is 17.8 Å². The molecule has 2 aliphatic rings. The van der Waals surface area contributed by atoms with E-state index < -0.39 is 35.5 Å². The number of carbonyl (C=O) groups excluding carboxylic acids is 1. The number of ether oxygens (including phenoxy) is 2. The van der Waals surface area contributed by atoms with Crippen LogP contribution in [0.25, 0.3) is 0 Å². The molecule has 0 aliphatic heterocycles. The average molecular weight is 525 g/mol. The summed E-state index contributed by atoms with van der Waals surface area (Å²) in [7, 11) is 0. The first-order valence-corrected chi connectivity index (χ1v) is 13.2. The lowest BCUT2D eigenvalue weighted by Gasteiger charge is -2.38. The zero-order valence-corrected chi connectivity index (χ0v) is 21.0. The summed E-state index contributed by atoms with van der Waals surface area (Å²) in [5.41, 5.74) is 1.32. The molecule has 2 aromatic carbocycles. The van der Waals surface area contributed by atoms with Crippen LogP contribution in [0.3, 0.4) is 0 Å². The number of esters is 1. The van der Waals surface area contributed by atoms with Gasteiger partial charge in [-0.25, -0.2) is 13.6 Å². The highest BCUT2D eigenvalue weighted by Crippen LogP contribution is 2.44. The van der Waals surface area contributed by atoms with E-state index >= 15 is 0 Å². The Kier molecular flexibility index (Phi) is 8.75. The molecule has 0 atom stereocenters. The van der Waals surface area contributed by atoms with Gasteiger partial charge in [0, 0.05) is 12.1 Å². The number of hydrogen-bond donors (Lipinski definition) is 0. The largest absolute Gasteiger partial charge is 0.573 e. The zero-order valence-electron chi connectivity index (χ0n) is 21.0. The molecule has 2 aliphatic carbocycles. The minimum Gasteiger partial charge on any atom is -0.423 e. The van der Waals surface area contributed by atoms with Crippen LogP contribution in [-0.4, -0.2) is 12.3 Å². The standard InChI is InChI=1S/C29H33F5O3/c1-2-3-18-4-6-19(7-5-18)20-8-10-21(11-9-20)22-12-14-23(15-13-22)28(35)36-24-16-25(30)27(26(31)17-24)37-29(32,33)34/h12-21H,2-11H2,1H3. The van der Waals surface area contributed by atoms with E-state index in [1.807, 2.05) is 12.1 Å². The number of halogens is 5. The van der Waals surface area contributed by atoms with Crippen molar-refractivity contribution < 1.29 is 36.2 Å². The zero-order chi connectivity index (χ0) is 26.6. The second-order valence-electron chi connectivity index (χ2n) is 10.5. The molecule has 0 unspecified atom stereocenters. The SMILES string of the molecule is CCCC1CCC(C2CCC(c3ccc(C(=O)Oc4cc(F)c(OC(F)(F)F)c(F)c4)cc3)CC2)CC1. The Bertz CT molecular complexity index is 1030. The van der Waals surface area contributed by atoms with E-state index in [-0.39, 0.29) is 5.56 Å². The van der Waals surface area contributed by atoms with Gasteiger partial charge in [0.1, 0.15) is 5.75 Å². The van der Waals surface area contributed by atoms with E-state index in [2.05, 4.69) is 11.7 Å². The lowest BCUT2D eigenvalue weighted by molar-refractivity contribution is -0.276. The fourth-order valence-electron chi connectivity index (χ4n) is 6.15. The fourth-order valence-corrected chi connectivity index (χ4v) is 6.15. The van der Waals surface area contributed by atoms with Crippen LogP contribution in [0, 0.1) is 29.4 Å². The summed E-state index contributed by atoms with van der Waals surface area (Å²) in [6.45, 7) is 2.27. The quantitative estimate of drug-likeness (QED) is 0.206. The summed E-state index contributed by atoms with van der Waals surface area (Å²) in [6.07, 6.45) is 7.55. The molecule has 0 aromatic heterocycles. The highest BCUT2D eigenvalue weighted by Gasteiger charge is 2.34. The van der Waals surface area contributed by atoms with Gasteiger partial charge >= 0.3 is 12.3 Å². The topological polar surface area (TPSA) is 35.5 Å². The summed E-state index contributed by atoms with van der Waals surface area (Å²) < 4.78 is 73.0. The van der Waals surface area contributed by atoms with E-state index in [1.54, 1.807) is 12.1 Å². The molecule has 0 saturated heterocycles. The van der Waals surface area contributed by atoms with Crippen molar-refractivity contribution >= 4 is 5.97 Å². The molecule has 37 heavy (non-hydrogen) atoms. The highest BCUT2D eigenvalue weighted by atomic mass is 19.4. The number of alkyl halides is 3. The molecule has 0 heterocycles. The van der Waals surface area contributed by atoms with Crippen molar-refractivity contribution in [2.45, 2.75) is 83.4 Å². The third kappa shape index (κ3) is 7.23. The second kappa shape index (κ2) is 11.8. The Morgan fingerprint density at radius 2 is 1.41 bits per heavy atom. The molecule has 4 rings (SSSR count). The van der Waals surface area contributed by atoms with E-state index in [9.17, 15) is 26.7 Å². The first kappa shape index (κ1) is 27.4. The van der Waals surface area contributed by atoms with Gasteiger partial charge in [0.05, 0.1) is 5.56 Å². The maximum absolute atomic E-state index is 13.9. The summed E-state index contributed by atoms with van der Waals surface area (Å²) in [5.74, 6) is -3.25. The normalized spacial score (nSPS) is 24.5. The Balaban J connectivity index is 1.30. The van der Waals surface area contributed by atoms with Crippen molar-refractivity contribution in [3.63, 3.8) is 0 Å². The molecule has 2 fully saturated rings. The summed E-state index contributed by atoms with van der Waals surface area (Å²) in [5, 5.41) is 0. The maximum Gasteiger partial charge on any atom is 0.573 e. The lowest BCUT2D eigenvalue weighted by Crippen LogP contribution is -2.25. The molecular weight excluding hydrogens is 491 g/mol. The summed E-state index contributed by atoms with van der Waals surface area (Å²) in [4.78, 5) is 12.4. The second-order valence-corrected chi connectivity index (χ2v) is 10.5. The lowest BCUT2D eigenvalue weighted by atomic mass is 9.68. The van der Waals surface area contributed by atoms with Crippen LogP contribution in [0.4, 0.5) is 22.0 Å². The molecule has 8 heteroatoms.